The summed E-state index contributed by atoms with van der Waals surface area (Å²) in [5.41, 5.74) is 1.02. The van der Waals surface area contributed by atoms with E-state index >= 15 is 0 Å². The van der Waals surface area contributed by atoms with Gasteiger partial charge in [0.05, 0.1) is 0 Å². The predicted octanol–water partition coefficient (Wildman–Crippen LogP) is 1.63. The van der Waals surface area contributed by atoms with Crippen LogP contribution in [-0.4, -0.2) is 33.3 Å². The molecule has 1 N–H and O–H groups in total. The molecule has 0 fully saturated rings. The highest BCUT2D eigenvalue weighted by Crippen LogP contribution is 2.15. The number of anilines is 1. The minimum Gasteiger partial charge on any atom is -0.480 e. The molecular formula is C14H15N3O3. The van der Waals surface area contributed by atoms with E-state index in [1.54, 1.807) is 4.90 Å². The Hall–Kier alpha value is -2.63. The van der Waals surface area contributed by atoms with Crippen molar-refractivity contribution in [3.8, 4) is 0 Å². The molecule has 1 amide bonds. The van der Waals surface area contributed by atoms with Crippen molar-refractivity contribution < 1.29 is 14.7 Å². The summed E-state index contributed by atoms with van der Waals surface area (Å²) in [6, 6.07) is 10.8. The molecule has 1 aromatic heterocycles. The van der Waals surface area contributed by atoms with Crippen LogP contribution >= 0.6 is 0 Å². The smallest absolute Gasteiger partial charge is 0.325 e. The largest absolute Gasteiger partial charge is 0.480 e. The molecule has 20 heavy (non-hydrogen) atoms. The molecule has 0 atom stereocenters. The van der Waals surface area contributed by atoms with Gasteiger partial charge in [-0.15, -0.1) is 0 Å². The summed E-state index contributed by atoms with van der Waals surface area (Å²) in [5, 5.41) is 12.7. The van der Waals surface area contributed by atoms with Crippen LogP contribution in [0.3, 0.4) is 0 Å². The lowest BCUT2D eigenvalue weighted by molar-refractivity contribution is -0.137. The SMILES string of the molecule is CCN(C(=O)c1ccn(CC(=O)O)n1)c1ccccc1. The van der Waals surface area contributed by atoms with E-state index in [2.05, 4.69) is 5.10 Å². The maximum atomic E-state index is 12.4. The average Bonchev–Trinajstić information content (AvgIpc) is 2.88. The number of carbonyl (C=O) groups is 2. The minimum atomic E-state index is -0.998. The molecule has 0 radical (unpaired) electrons. The van der Waals surface area contributed by atoms with Crippen LogP contribution in [0.15, 0.2) is 42.6 Å². The molecule has 6 nitrogen and oxygen atoms in total. The van der Waals surface area contributed by atoms with Crippen molar-refractivity contribution >= 4 is 17.6 Å². The van der Waals surface area contributed by atoms with Crippen LogP contribution in [0.4, 0.5) is 5.69 Å². The van der Waals surface area contributed by atoms with Crippen molar-refractivity contribution in [1.29, 1.82) is 0 Å². The summed E-state index contributed by atoms with van der Waals surface area (Å²) in [4.78, 5) is 24.6. The number of carboxylic acids is 1. The van der Waals surface area contributed by atoms with E-state index in [-0.39, 0.29) is 18.1 Å². The summed E-state index contributed by atoms with van der Waals surface area (Å²) in [6.07, 6.45) is 1.49. The molecule has 1 aromatic carbocycles. The van der Waals surface area contributed by atoms with E-state index in [9.17, 15) is 9.59 Å². The van der Waals surface area contributed by atoms with Crippen LogP contribution in [0.2, 0.25) is 0 Å². The molecule has 0 saturated heterocycles. The Kier molecular flexibility index (Phi) is 4.14. The fourth-order valence-corrected chi connectivity index (χ4v) is 1.89. The fourth-order valence-electron chi connectivity index (χ4n) is 1.89. The summed E-state index contributed by atoms with van der Waals surface area (Å²) in [6.45, 7) is 2.12. The van der Waals surface area contributed by atoms with Gasteiger partial charge >= 0.3 is 5.97 Å². The third-order valence-corrected chi connectivity index (χ3v) is 2.79. The highest BCUT2D eigenvalue weighted by atomic mass is 16.4. The van der Waals surface area contributed by atoms with Gasteiger partial charge in [0.25, 0.3) is 5.91 Å². The van der Waals surface area contributed by atoms with Gasteiger partial charge < -0.3 is 10.0 Å². The second-order valence-corrected chi connectivity index (χ2v) is 4.18. The number of benzene rings is 1. The monoisotopic (exact) mass is 273 g/mol. The second-order valence-electron chi connectivity index (χ2n) is 4.18. The van der Waals surface area contributed by atoms with Crippen LogP contribution in [0.25, 0.3) is 0 Å². The van der Waals surface area contributed by atoms with Gasteiger partial charge in [0.15, 0.2) is 5.69 Å². The molecule has 6 heteroatoms. The summed E-state index contributed by atoms with van der Waals surface area (Å²) < 4.78 is 1.23. The van der Waals surface area contributed by atoms with E-state index < -0.39 is 5.97 Å². The quantitative estimate of drug-likeness (QED) is 0.898. The molecule has 2 rings (SSSR count). The van der Waals surface area contributed by atoms with E-state index in [1.807, 2.05) is 37.3 Å². The van der Waals surface area contributed by atoms with E-state index in [0.717, 1.165) is 5.69 Å². The number of carbonyl (C=O) groups excluding carboxylic acids is 1. The van der Waals surface area contributed by atoms with Crippen LogP contribution in [-0.2, 0) is 11.3 Å². The number of hydrogen-bond donors (Lipinski definition) is 1. The number of rotatable bonds is 5. The topological polar surface area (TPSA) is 75.4 Å². The number of para-hydroxylation sites is 1. The molecular weight excluding hydrogens is 258 g/mol. The van der Waals surface area contributed by atoms with Crippen LogP contribution in [0.5, 0.6) is 0 Å². The summed E-state index contributed by atoms with van der Waals surface area (Å²) in [5.74, 6) is -1.25. The zero-order valence-corrected chi connectivity index (χ0v) is 11.1. The van der Waals surface area contributed by atoms with Crippen LogP contribution < -0.4 is 4.90 Å². The Balaban J connectivity index is 2.21. The first-order valence-corrected chi connectivity index (χ1v) is 6.24. The molecule has 2 aromatic rings. The Labute approximate surface area is 116 Å². The third kappa shape index (κ3) is 3.03. The molecule has 0 spiro atoms. The van der Waals surface area contributed by atoms with E-state index in [0.29, 0.717) is 6.54 Å². The Morgan fingerprint density at radius 3 is 2.55 bits per heavy atom. The Morgan fingerprint density at radius 2 is 1.95 bits per heavy atom. The highest BCUT2D eigenvalue weighted by molar-refractivity contribution is 6.04. The molecule has 0 unspecified atom stereocenters. The van der Waals surface area contributed by atoms with Gasteiger partial charge in [-0.1, -0.05) is 18.2 Å². The van der Waals surface area contributed by atoms with E-state index in [1.165, 1.54) is 16.9 Å². The first-order valence-electron chi connectivity index (χ1n) is 6.24. The van der Waals surface area contributed by atoms with Crippen molar-refractivity contribution in [2.75, 3.05) is 11.4 Å². The molecule has 0 aliphatic carbocycles. The lowest BCUT2D eigenvalue weighted by Crippen LogP contribution is -2.31. The van der Waals surface area contributed by atoms with Crippen molar-refractivity contribution in [2.24, 2.45) is 0 Å². The molecule has 1 heterocycles. The Morgan fingerprint density at radius 1 is 1.25 bits per heavy atom. The molecule has 0 saturated carbocycles. The lowest BCUT2D eigenvalue weighted by Gasteiger charge is -2.19. The number of nitrogens with zero attached hydrogens (tertiary/aromatic N) is 3. The van der Waals surface area contributed by atoms with Gasteiger partial charge in [-0.25, -0.2) is 0 Å². The van der Waals surface area contributed by atoms with Gasteiger partial charge in [-0.05, 0) is 25.1 Å². The maximum Gasteiger partial charge on any atom is 0.325 e. The zero-order chi connectivity index (χ0) is 14.5. The first-order chi connectivity index (χ1) is 9.61. The Bertz CT molecular complexity index is 607. The number of amides is 1. The lowest BCUT2D eigenvalue weighted by atomic mass is 10.2. The maximum absolute atomic E-state index is 12.4. The van der Waals surface area contributed by atoms with Crippen molar-refractivity contribution in [1.82, 2.24) is 9.78 Å². The van der Waals surface area contributed by atoms with Crippen molar-refractivity contribution in [3.05, 3.63) is 48.3 Å². The third-order valence-electron chi connectivity index (χ3n) is 2.79. The van der Waals surface area contributed by atoms with E-state index in [4.69, 9.17) is 5.11 Å². The summed E-state index contributed by atoms with van der Waals surface area (Å²) in [7, 11) is 0. The highest BCUT2D eigenvalue weighted by Gasteiger charge is 2.18. The number of carboxylic acid groups (broad SMARTS) is 1. The first kappa shape index (κ1) is 13.8. The minimum absolute atomic E-state index is 0.233. The molecule has 104 valence electrons. The average molecular weight is 273 g/mol. The number of hydrogen-bond acceptors (Lipinski definition) is 3. The summed E-state index contributed by atoms with van der Waals surface area (Å²) >= 11 is 0. The normalized spacial score (nSPS) is 10.2. The van der Waals surface area contributed by atoms with Crippen LogP contribution in [0.1, 0.15) is 17.4 Å². The van der Waals surface area contributed by atoms with Gasteiger partial charge in [-0.3, -0.25) is 14.3 Å². The molecule has 0 aliphatic rings. The van der Waals surface area contributed by atoms with Crippen molar-refractivity contribution in [3.63, 3.8) is 0 Å². The van der Waals surface area contributed by atoms with Gasteiger partial charge in [0.1, 0.15) is 6.54 Å². The zero-order valence-electron chi connectivity index (χ0n) is 11.1. The fraction of sp³-hybridized carbons (Fsp3) is 0.214. The van der Waals surface area contributed by atoms with Gasteiger partial charge in [-0.2, -0.15) is 5.10 Å². The molecule has 0 aliphatic heterocycles. The second kappa shape index (κ2) is 6.01. The predicted molar refractivity (Wildman–Crippen MR) is 73.7 cm³/mol. The van der Waals surface area contributed by atoms with Gasteiger partial charge in [0.2, 0.25) is 0 Å². The van der Waals surface area contributed by atoms with Crippen LogP contribution in [0, 0.1) is 0 Å². The van der Waals surface area contributed by atoms with Crippen molar-refractivity contribution in [2.45, 2.75) is 13.5 Å². The number of aromatic nitrogens is 2. The standard InChI is InChI=1S/C14H15N3O3/c1-2-17(11-6-4-3-5-7-11)14(20)12-8-9-16(15-12)10-13(18)19/h3-9H,2,10H2,1H3,(H,18,19). The molecule has 0 bridgehead atoms. The van der Waals surface area contributed by atoms with Gasteiger partial charge in [0, 0.05) is 18.4 Å². The number of aliphatic carboxylic acids is 1.